The maximum absolute atomic E-state index is 9.55. The normalized spacial score (nSPS) is 10.3. The lowest BCUT2D eigenvalue weighted by Crippen LogP contribution is -2.00. The number of anilines is 1. The third-order valence-electron chi connectivity index (χ3n) is 4.10. The minimum atomic E-state index is 0.216. The first-order valence-electron chi connectivity index (χ1n) is 8.83. The molecule has 0 radical (unpaired) electrons. The van der Waals surface area contributed by atoms with Crippen LogP contribution >= 0.6 is 0 Å². The standard InChI is InChI=1S/C22H21N3O2/c1-3-26-17-9-5-15(6-10-17)19-13-21(25-22(24)20(19)14-23)16-7-11-18(12-8-16)27-4-2/h5-13H,3-4H2,1-2H3,(H2,24,25). The number of hydrogen-bond acceptors (Lipinski definition) is 5. The van der Waals surface area contributed by atoms with Crippen LogP contribution in [-0.2, 0) is 0 Å². The van der Waals surface area contributed by atoms with E-state index in [2.05, 4.69) is 11.1 Å². The molecule has 27 heavy (non-hydrogen) atoms. The van der Waals surface area contributed by atoms with E-state index in [1.54, 1.807) is 0 Å². The van der Waals surface area contributed by atoms with Crippen LogP contribution in [0, 0.1) is 11.3 Å². The minimum absolute atomic E-state index is 0.216. The van der Waals surface area contributed by atoms with Gasteiger partial charge in [-0.05, 0) is 61.9 Å². The van der Waals surface area contributed by atoms with Crippen molar-refractivity contribution in [2.75, 3.05) is 18.9 Å². The Hall–Kier alpha value is -3.52. The number of ether oxygens (including phenoxy) is 2. The van der Waals surface area contributed by atoms with Gasteiger partial charge in [0.05, 0.1) is 18.9 Å². The van der Waals surface area contributed by atoms with Gasteiger partial charge in [0.25, 0.3) is 0 Å². The molecule has 0 spiro atoms. The molecular formula is C22H21N3O2. The highest BCUT2D eigenvalue weighted by molar-refractivity contribution is 5.80. The summed E-state index contributed by atoms with van der Waals surface area (Å²) in [5.74, 6) is 1.80. The smallest absolute Gasteiger partial charge is 0.142 e. The second kappa shape index (κ2) is 8.24. The van der Waals surface area contributed by atoms with Gasteiger partial charge in [-0.15, -0.1) is 0 Å². The van der Waals surface area contributed by atoms with Gasteiger partial charge in [-0.2, -0.15) is 5.26 Å². The van der Waals surface area contributed by atoms with Crippen molar-refractivity contribution < 1.29 is 9.47 Å². The van der Waals surface area contributed by atoms with Crippen LogP contribution in [0.2, 0.25) is 0 Å². The fourth-order valence-corrected chi connectivity index (χ4v) is 2.84. The Morgan fingerprint density at radius 3 is 1.89 bits per heavy atom. The Morgan fingerprint density at radius 2 is 1.41 bits per heavy atom. The van der Waals surface area contributed by atoms with Crippen LogP contribution < -0.4 is 15.2 Å². The van der Waals surface area contributed by atoms with Crippen molar-refractivity contribution in [2.24, 2.45) is 0 Å². The molecule has 0 amide bonds. The van der Waals surface area contributed by atoms with E-state index in [0.717, 1.165) is 28.2 Å². The van der Waals surface area contributed by atoms with E-state index in [4.69, 9.17) is 15.2 Å². The SMILES string of the molecule is CCOc1ccc(-c2cc(-c3ccc(OCC)cc3)c(C#N)c(N)n2)cc1. The van der Waals surface area contributed by atoms with Crippen LogP contribution in [0.15, 0.2) is 54.6 Å². The van der Waals surface area contributed by atoms with Gasteiger partial charge < -0.3 is 15.2 Å². The van der Waals surface area contributed by atoms with Gasteiger partial charge >= 0.3 is 0 Å². The molecule has 0 atom stereocenters. The Balaban J connectivity index is 2.04. The highest BCUT2D eigenvalue weighted by Crippen LogP contribution is 2.32. The van der Waals surface area contributed by atoms with Crippen LogP contribution in [0.25, 0.3) is 22.4 Å². The third-order valence-corrected chi connectivity index (χ3v) is 4.10. The number of aromatic nitrogens is 1. The van der Waals surface area contributed by atoms with Gasteiger partial charge in [-0.25, -0.2) is 4.98 Å². The van der Waals surface area contributed by atoms with Gasteiger partial charge in [-0.3, -0.25) is 0 Å². The van der Waals surface area contributed by atoms with E-state index in [0.29, 0.717) is 24.5 Å². The zero-order chi connectivity index (χ0) is 19.2. The number of hydrogen-bond donors (Lipinski definition) is 1. The summed E-state index contributed by atoms with van der Waals surface area (Å²) in [4.78, 5) is 4.41. The maximum Gasteiger partial charge on any atom is 0.142 e. The zero-order valence-electron chi connectivity index (χ0n) is 15.4. The van der Waals surface area contributed by atoms with Crippen LogP contribution in [0.5, 0.6) is 11.5 Å². The highest BCUT2D eigenvalue weighted by atomic mass is 16.5. The molecule has 0 fully saturated rings. The van der Waals surface area contributed by atoms with Gasteiger partial charge in [0.1, 0.15) is 28.9 Å². The summed E-state index contributed by atoms with van der Waals surface area (Å²) in [5, 5.41) is 9.55. The molecule has 0 aliphatic carbocycles. The van der Waals surface area contributed by atoms with Crippen LogP contribution in [0.4, 0.5) is 5.82 Å². The van der Waals surface area contributed by atoms with Crippen LogP contribution in [-0.4, -0.2) is 18.2 Å². The molecule has 3 aromatic rings. The van der Waals surface area contributed by atoms with Crippen molar-refractivity contribution in [1.82, 2.24) is 4.98 Å². The molecule has 136 valence electrons. The molecule has 0 aliphatic heterocycles. The first-order chi connectivity index (χ1) is 13.2. The average Bonchev–Trinajstić information content (AvgIpc) is 2.69. The average molecular weight is 359 g/mol. The number of pyridine rings is 1. The van der Waals surface area contributed by atoms with Gasteiger partial charge in [-0.1, -0.05) is 12.1 Å². The van der Waals surface area contributed by atoms with Crippen LogP contribution in [0.1, 0.15) is 19.4 Å². The number of nitrogens with two attached hydrogens (primary N) is 1. The second-order valence-corrected chi connectivity index (χ2v) is 5.84. The molecule has 5 nitrogen and oxygen atoms in total. The first kappa shape index (κ1) is 18.3. The summed E-state index contributed by atoms with van der Waals surface area (Å²) in [6.07, 6.45) is 0. The number of nitrogens with zero attached hydrogens (tertiary/aromatic N) is 2. The summed E-state index contributed by atoms with van der Waals surface area (Å²) in [7, 11) is 0. The van der Waals surface area contributed by atoms with Gasteiger partial charge in [0.2, 0.25) is 0 Å². The van der Waals surface area contributed by atoms with E-state index in [1.807, 2.05) is 68.4 Å². The molecule has 5 heteroatoms. The summed E-state index contributed by atoms with van der Waals surface area (Å²) < 4.78 is 11.0. The maximum atomic E-state index is 9.55. The largest absolute Gasteiger partial charge is 0.494 e. The van der Waals surface area contributed by atoms with Gasteiger partial charge in [0.15, 0.2) is 0 Å². The molecule has 0 bridgehead atoms. The first-order valence-corrected chi connectivity index (χ1v) is 8.83. The fraction of sp³-hybridized carbons (Fsp3) is 0.182. The van der Waals surface area contributed by atoms with Crippen molar-refractivity contribution in [3.8, 4) is 40.0 Å². The lowest BCUT2D eigenvalue weighted by molar-refractivity contribution is 0.340. The molecule has 1 aromatic heterocycles. The fourth-order valence-electron chi connectivity index (χ4n) is 2.84. The summed E-state index contributed by atoms with van der Waals surface area (Å²) in [6.45, 7) is 5.10. The Labute approximate surface area is 159 Å². The number of rotatable bonds is 6. The molecule has 0 saturated carbocycles. The monoisotopic (exact) mass is 359 g/mol. The predicted molar refractivity (Wildman–Crippen MR) is 107 cm³/mol. The minimum Gasteiger partial charge on any atom is -0.494 e. The van der Waals surface area contributed by atoms with Crippen molar-refractivity contribution in [3.05, 3.63) is 60.2 Å². The molecule has 0 aliphatic rings. The summed E-state index contributed by atoms with van der Waals surface area (Å²) in [5.41, 5.74) is 9.69. The second-order valence-electron chi connectivity index (χ2n) is 5.84. The lowest BCUT2D eigenvalue weighted by atomic mass is 9.98. The van der Waals surface area contributed by atoms with E-state index in [1.165, 1.54) is 0 Å². The predicted octanol–water partition coefficient (Wildman–Crippen LogP) is 4.67. The van der Waals surface area contributed by atoms with E-state index < -0.39 is 0 Å². The molecule has 0 saturated heterocycles. The Morgan fingerprint density at radius 1 is 0.889 bits per heavy atom. The van der Waals surface area contributed by atoms with E-state index in [-0.39, 0.29) is 5.82 Å². The number of nitriles is 1. The summed E-state index contributed by atoms with van der Waals surface area (Å²) in [6, 6.07) is 19.3. The molecule has 1 heterocycles. The molecule has 2 aromatic carbocycles. The lowest BCUT2D eigenvalue weighted by Gasteiger charge is -2.11. The molecule has 3 rings (SSSR count). The molecule has 0 unspecified atom stereocenters. The van der Waals surface area contributed by atoms with E-state index >= 15 is 0 Å². The Bertz CT molecular complexity index is 959. The topological polar surface area (TPSA) is 81.2 Å². The Kier molecular flexibility index (Phi) is 5.58. The third kappa shape index (κ3) is 4.01. The molecular weight excluding hydrogens is 338 g/mol. The quantitative estimate of drug-likeness (QED) is 0.692. The van der Waals surface area contributed by atoms with Crippen molar-refractivity contribution in [1.29, 1.82) is 5.26 Å². The van der Waals surface area contributed by atoms with Crippen molar-refractivity contribution in [2.45, 2.75) is 13.8 Å². The number of benzene rings is 2. The van der Waals surface area contributed by atoms with Gasteiger partial charge in [0, 0.05) is 11.1 Å². The van der Waals surface area contributed by atoms with E-state index in [9.17, 15) is 5.26 Å². The highest BCUT2D eigenvalue weighted by Gasteiger charge is 2.13. The van der Waals surface area contributed by atoms with Crippen LogP contribution in [0.3, 0.4) is 0 Å². The molecule has 2 N–H and O–H groups in total. The van der Waals surface area contributed by atoms with Crippen molar-refractivity contribution in [3.63, 3.8) is 0 Å². The van der Waals surface area contributed by atoms with Crippen molar-refractivity contribution >= 4 is 5.82 Å². The summed E-state index contributed by atoms with van der Waals surface area (Å²) >= 11 is 0. The number of nitrogen functional groups attached to an aromatic ring is 1. The zero-order valence-corrected chi connectivity index (χ0v) is 15.4.